The van der Waals surface area contributed by atoms with E-state index in [4.69, 9.17) is 10.3 Å². The van der Waals surface area contributed by atoms with Crippen molar-refractivity contribution in [2.75, 3.05) is 6.26 Å². The molecule has 0 atom stereocenters. The Hall–Kier alpha value is -1.53. The Morgan fingerprint density at radius 3 is 2.94 bits per heavy atom. The first kappa shape index (κ1) is 11.0. The van der Waals surface area contributed by atoms with Gasteiger partial charge in [-0.05, 0) is 18.4 Å². The molecule has 16 heavy (non-hydrogen) atoms. The fourth-order valence-electron chi connectivity index (χ4n) is 1.36. The van der Waals surface area contributed by atoms with Gasteiger partial charge in [0.1, 0.15) is 5.75 Å². The summed E-state index contributed by atoms with van der Waals surface area (Å²) in [6.45, 7) is 0.209. The minimum atomic E-state index is 0.209. The van der Waals surface area contributed by atoms with Crippen LogP contribution in [0.4, 0.5) is 0 Å². The molecule has 0 radical (unpaired) electrons. The molecule has 0 saturated heterocycles. The fourth-order valence-corrected chi connectivity index (χ4v) is 2.02. The number of thioether (sulfide) groups is 1. The van der Waals surface area contributed by atoms with Crippen LogP contribution in [-0.4, -0.2) is 21.5 Å². The van der Waals surface area contributed by atoms with Gasteiger partial charge in [-0.15, -0.1) is 11.8 Å². The van der Waals surface area contributed by atoms with Crippen LogP contribution >= 0.6 is 11.8 Å². The smallest absolute Gasteiger partial charge is 0.240 e. The summed E-state index contributed by atoms with van der Waals surface area (Å²) in [6.07, 6.45) is 1.88. The third-order valence-corrected chi connectivity index (χ3v) is 2.92. The number of phenolic OH excluding ortho intramolecular Hbond substituents is 1. The van der Waals surface area contributed by atoms with Crippen molar-refractivity contribution in [1.29, 1.82) is 0 Å². The normalized spacial score (nSPS) is 10.6. The lowest BCUT2D eigenvalue weighted by Gasteiger charge is -2.04. The van der Waals surface area contributed by atoms with Crippen LogP contribution in [0.2, 0.25) is 0 Å². The van der Waals surface area contributed by atoms with Crippen molar-refractivity contribution in [3.8, 4) is 17.1 Å². The van der Waals surface area contributed by atoms with E-state index in [1.54, 1.807) is 12.1 Å². The Kier molecular flexibility index (Phi) is 3.12. The lowest BCUT2D eigenvalue weighted by molar-refractivity contribution is 0.380. The molecule has 0 unspecified atom stereocenters. The van der Waals surface area contributed by atoms with Crippen LogP contribution in [0, 0.1) is 0 Å². The number of nitrogens with two attached hydrogens (primary N) is 1. The third-order valence-electron chi connectivity index (χ3n) is 2.08. The van der Waals surface area contributed by atoms with Gasteiger partial charge in [-0.1, -0.05) is 11.2 Å². The maximum absolute atomic E-state index is 9.68. The molecular weight excluding hydrogens is 226 g/mol. The average molecular weight is 237 g/mol. The van der Waals surface area contributed by atoms with E-state index in [0.29, 0.717) is 11.7 Å². The van der Waals surface area contributed by atoms with Gasteiger partial charge >= 0.3 is 0 Å². The Morgan fingerprint density at radius 1 is 1.50 bits per heavy atom. The van der Waals surface area contributed by atoms with Crippen LogP contribution < -0.4 is 5.73 Å². The van der Waals surface area contributed by atoms with Gasteiger partial charge in [0.05, 0.1) is 11.4 Å². The van der Waals surface area contributed by atoms with Crippen LogP contribution in [0.15, 0.2) is 27.6 Å². The lowest BCUT2D eigenvalue weighted by atomic mass is 10.2. The van der Waals surface area contributed by atoms with E-state index in [-0.39, 0.29) is 12.3 Å². The van der Waals surface area contributed by atoms with Crippen LogP contribution in [0.3, 0.4) is 0 Å². The van der Waals surface area contributed by atoms with Gasteiger partial charge in [-0.25, -0.2) is 0 Å². The number of nitrogens with zero attached hydrogens (tertiary/aromatic N) is 2. The average Bonchev–Trinajstić information content (AvgIpc) is 2.77. The zero-order valence-corrected chi connectivity index (χ0v) is 9.49. The molecule has 1 aromatic heterocycles. The zero-order chi connectivity index (χ0) is 11.5. The van der Waals surface area contributed by atoms with Crippen molar-refractivity contribution in [3.63, 3.8) is 0 Å². The molecular formula is C10H11N3O2S. The van der Waals surface area contributed by atoms with Crippen molar-refractivity contribution < 1.29 is 9.63 Å². The quantitative estimate of drug-likeness (QED) is 0.789. The lowest BCUT2D eigenvalue weighted by Crippen LogP contribution is -1.95. The van der Waals surface area contributed by atoms with Gasteiger partial charge in [-0.2, -0.15) is 4.98 Å². The zero-order valence-electron chi connectivity index (χ0n) is 8.67. The summed E-state index contributed by atoms with van der Waals surface area (Å²) >= 11 is 1.43. The van der Waals surface area contributed by atoms with Gasteiger partial charge < -0.3 is 15.4 Å². The second kappa shape index (κ2) is 4.54. The van der Waals surface area contributed by atoms with Gasteiger partial charge in [0.2, 0.25) is 11.7 Å². The van der Waals surface area contributed by atoms with E-state index < -0.39 is 0 Å². The molecule has 84 valence electrons. The first-order chi connectivity index (χ1) is 7.76. The Bertz CT molecular complexity index is 499. The summed E-state index contributed by atoms with van der Waals surface area (Å²) in [5, 5.41) is 13.5. The molecule has 3 N–H and O–H groups in total. The highest BCUT2D eigenvalue weighted by Crippen LogP contribution is 2.35. The molecule has 0 aliphatic heterocycles. The molecule has 1 aromatic carbocycles. The Morgan fingerprint density at radius 2 is 2.31 bits per heavy atom. The number of aromatic nitrogens is 2. The van der Waals surface area contributed by atoms with Gasteiger partial charge in [0.15, 0.2) is 0 Å². The minimum Gasteiger partial charge on any atom is -0.507 e. The Labute approximate surface area is 96.7 Å². The van der Waals surface area contributed by atoms with Crippen molar-refractivity contribution in [2.45, 2.75) is 11.4 Å². The molecule has 0 aliphatic rings. The maximum Gasteiger partial charge on any atom is 0.240 e. The van der Waals surface area contributed by atoms with Crippen LogP contribution in [0.25, 0.3) is 11.4 Å². The molecule has 2 rings (SSSR count). The van der Waals surface area contributed by atoms with E-state index in [1.807, 2.05) is 12.3 Å². The largest absolute Gasteiger partial charge is 0.507 e. The molecule has 5 nitrogen and oxygen atoms in total. The summed E-state index contributed by atoms with van der Waals surface area (Å²) in [6, 6.07) is 5.19. The fraction of sp³-hybridized carbons (Fsp3) is 0.200. The number of phenols is 1. The number of aromatic hydroxyl groups is 1. The Balaban J connectivity index is 2.50. The third kappa shape index (κ3) is 1.89. The van der Waals surface area contributed by atoms with Gasteiger partial charge in [-0.3, -0.25) is 0 Å². The molecule has 0 spiro atoms. The second-order valence-corrected chi connectivity index (χ2v) is 3.89. The highest BCUT2D eigenvalue weighted by molar-refractivity contribution is 7.98. The monoisotopic (exact) mass is 237 g/mol. The summed E-state index contributed by atoms with van der Waals surface area (Å²) < 4.78 is 4.93. The van der Waals surface area contributed by atoms with Crippen molar-refractivity contribution in [1.82, 2.24) is 10.1 Å². The molecule has 0 amide bonds. The van der Waals surface area contributed by atoms with Crippen molar-refractivity contribution in [2.24, 2.45) is 5.73 Å². The predicted octanol–water partition coefficient (Wildman–Crippen LogP) is 1.62. The molecule has 0 fully saturated rings. The summed E-state index contributed by atoms with van der Waals surface area (Å²) in [7, 11) is 0. The molecule has 0 bridgehead atoms. The minimum absolute atomic E-state index is 0.209. The molecule has 2 aromatic rings. The first-order valence-electron chi connectivity index (χ1n) is 4.65. The van der Waals surface area contributed by atoms with Gasteiger partial charge in [0, 0.05) is 5.56 Å². The van der Waals surface area contributed by atoms with E-state index >= 15 is 0 Å². The van der Waals surface area contributed by atoms with E-state index in [2.05, 4.69) is 10.1 Å². The highest BCUT2D eigenvalue weighted by Gasteiger charge is 2.13. The van der Waals surface area contributed by atoms with E-state index in [0.717, 1.165) is 10.5 Å². The number of rotatable bonds is 3. The van der Waals surface area contributed by atoms with Crippen molar-refractivity contribution in [3.05, 3.63) is 24.1 Å². The SMILES string of the molecule is CSc1c(O)cccc1-c1noc(CN)n1. The predicted molar refractivity (Wildman–Crippen MR) is 61.1 cm³/mol. The van der Waals surface area contributed by atoms with Gasteiger partial charge in [0.25, 0.3) is 0 Å². The number of hydrogen-bond donors (Lipinski definition) is 2. The molecule has 0 saturated carbocycles. The maximum atomic E-state index is 9.68. The molecule has 6 heteroatoms. The molecule has 1 heterocycles. The number of hydrogen-bond acceptors (Lipinski definition) is 6. The van der Waals surface area contributed by atoms with E-state index in [1.165, 1.54) is 11.8 Å². The van der Waals surface area contributed by atoms with Crippen LogP contribution in [0.1, 0.15) is 5.89 Å². The summed E-state index contributed by atoms with van der Waals surface area (Å²) in [5.74, 6) is 1.04. The summed E-state index contributed by atoms with van der Waals surface area (Å²) in [5.41, 5.74) is 6.14. The standard InChI is InChI=1S/C10H11N3O2S/c1-16-9-6(3-2-4-7(9)14)10-12-8(5-11)15-13-10/h2-4,14H,5,11H2,1H3. The van der Waals surface area contributed by atoms with Crippen LogP contribution in [0.5, 0.6) is 5.75 Å². The first-order valence-corrected chi connectivity index (χ1v) is 5.87. The van der Waals surface area contributed by atoms with Crippen molar-refractivity contribution >= 4 is 11.8 Å². The van der Waals surface area contributed by atoms with Crippen LogP contribution in [-0.2, 0) is 6.54 Å². The summed E-state index contributed by atoms with van der Waals surface area (Å²) in [4.78, 5) is 4.85. The topological polar surface area (TPSA) is 85.2 Å². The molecule has 0 aliphatic carbocycles. The highest BCUT2D eigenvalue weighted by atomic mass is 32.2. The second-order valence-electron chi connectivity index (χ2n) is 3.07. The number of benzene rings is 1. The van der Waals surface area contributed by atoms with E-state index in [9.17, 15) is 5.11 Å².